The molecule has 1 rings (SSSR count). The number of halogens is 1. The molecule has 0 aliphatic rings. The Kier molecular flexibility index (Phi) is 3.77. The number of benzene rings is 1. The summed E-state index contributed by atoms with van der Waals surface area (Å²) in [6.07, 6.45) is 0.495. The van der Waals surface area contributed by atoms with Crippen molar-refractivity contribution in [2.24, 2.45) is 0 Å². The van der Waals surface area contributed by atoms with E-state index in [1.54, 1.807) is 0 Å². The fourth-order valence-electron chi connectivity index (χ4n) is 0.961. The van der Waals surface area contributed by atoms with Gasteiger partial charge in [0.15, 0.2) is 6.10 Å². The lowest BCUT2D eigenvalue weighted by Gasteiger charge is -2.11. The highest BCUT2D eigenvalue weighted by atomic mass is 35.5. The van der Waals surface area contributed by atoms with Crippen LogP contribution >= 0.6 is 11.6 Å². The number of hydrogen-bond acceptors (Lipinski definition) is 2. The third-order valence-electron chi connectivity index (χ3n) is 1.48. The van der Waals surface area contributed by atoms with E-state index in [4.69, 9.17) is 16.3 Å². The molecule has 0 N–H and O–H groups in total. The second-order valence-electron chi connectivity index (χ2n) is 2.52. The van der Waals surface area contributed by atoms with Crippen molar-refractivity contribution in [1.82, 2.24) is 0 Å². The van der Waals surface area contributed by atoms with E-state index in [-0.39, 0.29) is 11.8 Å². The van der Waals surface area contributed by atoms with Crippen molar-refractivity contribution in [3.63, 3.8) is 0 Å². The van der Waals surface area contributed by atoms with Crippen LogP contribution in [0, 0.1) is 6.10 Å². The van der Waals surface area contributed by atoms with Crippen LogP contribution in [0.4, 0.5) is 0 Å². The Bertz CT molecular complexity index is 272. The minimum absolute atomic E-state index is 0.198. The molecule has 0 aliphatic heterocycles. The highest BCUT2D eigenvalue weighted by molar-refractivity contribution is 6.19. The molecule has 0 atom stereocenters. The van der Waals surface area contributed by atoms with Gasteiger partial charge in [-0.3, -0.25) is 4.79 Å². The molecule has 1 radical (unpaired) electrons. The lowest BCUT2D eigenvalue weighted by atomic mass is 10.1. The van der Waals surface area contributed by atoms with E-state index in [1.807, 2.05) is 30.3 Å². The molecule has 0 saturated heterocycles. The summed E-state index contributed by atoms with van der Waals surface area (Å²) in [5.41, 5.74) is 0.840. The standard InChI is InChI=1S/C10H10ClO2/c1-8(12)13-10(7-11)9-5-3-2-4-6-9/h2-6H,7H2,1H3. The molecule has 0 bridgehead atoms. The number of rotatable bonds is 3. The fourth-order valence-corrected chi connectivity index (χ4v) is 1.17. The Morgan fingerprint density at radius 2 is 2.00 bits per heavy atom. The van der Waals surface area contributed by atoms with Gasteiger partial charge < -0.3 is 4.74 Å². The summed E-state index contributed by atoms with van der Waals surface area (Å²) < 4.78 is 4.93. The van der Waals surface area contributed by atoms with Gasteiger partial charge in [-0.05, 0) is 0 Å². The van der Waals surface area contributed by atoms with Crippen molar-refractivity contribution < 1.29 is 9.53 Å². The maximum Gasteiger partial charge on any atom is 0.303 e. The van der Waals surface area contributed by atoms with Gasteiger partial charge in [-0.15, -0.1) is 11.6 Å². The van der Waals surface area contributed by atoms with E-state index in [0.29, 0.717) is 6.10 Å². The van der Waals surface area contributed by atoms with Crippen LogP contribution in [0.5, 0.6) is 0 Å². The van der Waals surface area contributed by atoms with Gasteiger partial charge >= 0.3 is 5.97 Å². The molecule has 2 nitrogen and oxygen atoms in total. The third-order valence-corrected chi connectivity index (χ3v) is 1.73. The molecule has 1 aromatic carbocycles. The zero-order valence-corrected chi connectivity index (χ0v) is 8.04. The van der Waals surface area contributed by atoms with E-state index in [2.05, 4.69) is 0 Å². The molecule has 0 unspecified atom stereocenters. The van der Waals surface area contributed by atoms with Crippen LogP contribution < -0.4 is 0 Å². The molecule has 0 aromatic heterocycles. The van der Waals surface area contributed by atoms with Gasteiger partial charge in [-0.25, -0.2) is 0 Å². The second kappa shape index (κ2) is 4.87. The van der Waals surface area contributed by atoms with E-state index in [0.717, 1.165) is 5.56 Å². The highest BCUT2D eigenvalue weighted by Gasteiger charge is 2.14. The van der Waals surface area contributed by atoms with Crippen LogP contribution in [0.2, 0.25) is 0 Å². The van der Waals surface area contributed by atoms with Crippen molar-refractivity contribution in [1.29, 1.82) is 0 Å². The Balaban J connectivity index is 2.73. The van der Waals surface area contributed by atoms with E-state index < -0.39 is 0 Å². The number of esters is 1. The molecule has 0 saturated carbocycles. The zero-order valence-electron chi connectivity index (χ0n) is 7.29. The van der Waals surface area contributed by atoms with E-state index in [9.17, 15) is 4.79 Å². The maximum atomic E-state index is 10.7. The predicted molar refractivity (Wildman–Crippen MR) is 51.3 cm³/mol. The molecule has 1 aromatic rings. The first-order chi connectivity index (χ1) is 6.24. The summed E-state index contributed by atoms with van der Waals surface area (Å²) in [7, 11) is 0. The number of carbonyl (C=O) groups excluding carboxylic acids is 1. The molecular weight excluding hydrogens is 188 g/mol. The van der Waals surface area contributed by atoms with Crippen molar-refractivity contribution in [3.05, 3.63) is 42.0 Å². The summed E-state index contributed by atoms with van der Waals surface area (Å²) >= 11 is 5.63. The van der Waals surface area contributed by atoms with Crippen LogP contribution in [-0.2, 0) is 9.53 Å². The number of carbonyl (C=O) groups is 1. The van der Waals surface area contributed by atoms with E-state index in [1.165, 1.54) is 6.92 Å². The minimum atomic E-state index is -0.348. The monoisotopic (exact) mass is 197 g/mol. The van der Waals surface area contributed by atoms with Gasteiger partial charge in [0.2, 0.25) is 0 Å². The fraction of sp³-hybridized carbons (Fsp3) is 0.200. The van der Waals surface area contributed by atoms with Gasteiger partial charge in [0, 0.05) is 12.5 Å². The van der Waals surface area contributed by atoms with Crippen LogP contribution in [0.25, 0.3) is 0 Å². The average molecular weight is 198 g/mol. The smallest absolute Gasteiger partial charge is 0.303 e. The lowest BCUT2D eigenvalue weighted by Crippen LogP contribution is -2.10. The first kappa shape index (κ1) is 10.1. The molecule has 69 valence electrons. The maximum absolute atomic E-state index is 10.7. The molecular formula is C10H10ClO2. The Labute approximate surface area is 82.5 Å². The van der Waals surface area contributed by atoms with Crippen molar-refractivity contribution >= 4 is 17.6 Å². The summed E-state index contributed by atoms with van der Waals surface area (Å²) in [6.45, 7) is 1.36. The average Bonchev–Trinajstić information content (AvgIpc) is 2.15. The molecule has 0 fully saturated rings. The van der Waals surface area contributed by atoms with Gasteiger partial charge in [-0.1, -0.05) is 30.3 Å². The minimum Gasteiger partial charge on any atom is -0.448 e. The zero-order chi connectivity index (χ0) is 9.68. The van der Waals surface area contributed by atoms with Crippen molar-refractivity contribution in [2.45, 2.75) is 6.92 Å². The Morgan fingerprint density at radius 1 is 1.38 bits per heavy atom. The summed E-state index contributed by atoms with van der Waals surface area (Å²) in [6, 6.07) is 9.32. The predicted octanol–water partition coefficient (Wildman–Crippen LogP) is 2.37. The molecule has 0 spiro atoms. The van der Waals surface area contributed by atoms with Gasteiger partial charge in [0.1, 0.15) is 0 Å². The van der Waals surface area contributed by atoms with Crippen LogP contribution in [0.15, 0.2) is 30.3 Å². The largest absolute Gasteiger partial charge is 0.448 e. The molecule has 0 heterocycles. The van der Waals surface area contributed by atoms with Crippen LogP contribution in [0.1, 0.15) is 12.5 Å². The van der Waals surface area contributed by atoms with E-state index >= 15 is 0 Å². The second-order valence-corrected chi connectivity index (χ2v) is 2.78. The summed E-state index contributed by atoms with van der Waals surface area (Å²) in [5.74, 6) is -0.150. The van der Waals surface area contributed by atoms with Crippen LogP contribution in [-0.4, -0.2) is 11.8 Å². The number of hydrogen-bond donors (Lipinski definition) is 0. The van der Waals surface area contributed by atoms with Crippen molar-refractivity contribution in [3.8, 4) is 0 Å². The number of alkyl halides is 1. The normalized spacial score (nSPS) is 10.1. The number of ether oxygens (including phenoxy) is 1. The first-order valence-electron chi connectivity index (χ1n) is 3.89. The van der Waals surface area contributed by atoms with Gasteiger partial charge in [0.25, 0.3) is 0 Å². The summed E-state index contributed by atoms with van der Waals surface area (Å²) in [5, 5.41) is 0. The molecule has 0 amide bonds. The molecule has 3 heteroatoms. The SMILES string of the molecule is CC(=O)O[C](CCl)c1ccccc1. The Hall–Kier alpha value is -1.02. The highest BCUT2D eigenvalue weighted by Crippen LogP contribution is 2.17. The lowest BCUT2D eigenvalue weighted by molar-refractivity contribution is -0.138. The first-order valence-corrected chi connectivity index (χ1v) is 4.43. The topological polar surface area (TPSA) is 26.3 Å². The Morgan fingerprint density at radius 3 is 2.46 bits per heavy atom. The molecule has 0 aliphatic carbocycles. The van der Waals surface area contributed by atoms with Gasteiger partial charge in [0.05, 0.1) is 5.88 Å². The quantitative estimate of drug-likeness (QED) is 0.549. The third kappa shape index (κ3) is 3.07. The van der Waals surface area contributed by atoms with Crippen molar-refractivity contribution in [2.75, 3.05) is 5.88 Å². The molecule has 13 heavy (non-hydrogen) atoms. The summed E-state index contributed by atoms with van der Waals surface area (Å²) in [4.78, 5) is 10.7. The van der Waals surface area contributed by atoms with Crippen LogP contribution in [0.3, 0.4) is 0 Å². The van der Waals surface area contributed by atoms with Gasteiger partial charge in [-0.2, -0.15) is 0 Å².